The van der Waals surface area contributed by atoms with Gasteiger partial charge in [-0.25, -0.2) is 4.57 Å². The number of phosphoric ester groups is 1. The van der Waals surface area contributed by atoms with Crippen LogP contribution in [-0.4, -0.2) is 49.9 Å². The largest absolute Gasteiger partial charge is 0.472 e. The molecule has 0 saturated carbocycles. The first-order valence-electron chi connectivity index (χ1n) is 18.3. The molecule has 2 atom stereocenters. The summed E-state index contributed by atoms with van der Waals surface area (Å²) in [5.74, 6) is -0.344. The Kier molecular flexibility index (Phi) is 33.5. The molecule has 0 aromatic carbocycles. The van der Waals surface area contributed by atoms with Gasteiger partial charge in [0.1, 0.15) is 6.10 Å². The van der Waals surface area contributed by atoms with Gasteiger partial charge in [0.15, 0.2) is 0 Å². The first kappa shape index (κ1) is 44.0. The minimum atomic E-state index is -4.27. The summed E-state index contributed by atoms with van der Waals surface area (Å²) in [6, 6.07) is 0. The van der Waals surface area contributed by atoms with Gasteiger partial charge in [0.05, 0.1) is 19.8 Å². The molecule has 9 heteroatoms. The van der Waals surface area contributed by atoms with Crippen LogP contribution in [0.5, 0.6) is 0 Å². The molecule has 0 heterocycles. The van der Waals surface area contributed by atoms with Crippen LogP contribution in [0, 0.1) is 0 Å². The fourth-order valence-electron chi connectivity index (χ4n) is 4.91. The number of ether oxygens (including phenoxy) is 2. The van der Waals surface area contributed by atoms with E-state index in [1.807, 2.05) is 0 Å². The zero-order chi connectivity index (χ0) is 33.1. The number of carbonyl (C=O) groups excluding carboxylic acids is 1. The molecule has 0 aromatic heterocycles. The topological polar surface area (TPSA) is 117 Å². The molecular formula is C36H70NO7P. The van der Waals surface area contributed by atoms with Gasteiger partial charge in [0.2, 0.25) is 0 Å². The fraction of sp³-hybridized carbons (Fsp3) is 0.861. The van der Waals surface area contributed by atoms with E-state index in [1.54, 1.807) is 0 Å². The molecule has 8 nitrogen and oxygen atoms in total. The number of unbranched alkanes of at least 4 members (excludes halogenated alkanes) is 18. The van der Waals surface area contributed by atoms with Crippen molar-refractivity contribution in [3.63, 3.8) is 0 Å². The molecule has 0 aliphatic carbocycles. The Hall–Kier alpha value is -1.02. The van der Waals surface area contributed by atoms with Crippen molar-refractivity contribution < 1.29 is 32.8 Å². The normalized spacial score (nSPS) is 14.0. The average Bonchev–Trinajstić information content (AvgIpc) is 3.02. The number of carbonyl (C=O) groups is 1. The Morgan fingerprint density at radius 1 is 0.667 bits per heavy atom. The molecule has 0 aliphatic rings. The zero-order valence-electron chi connectivity index (χ0n) is 29.1. The molecule has 0 spiro atoms. The number of phosphoric acid groups is 1. The van der Waals surface area contributed by atoms with E-state index in [0.717, 1.165) is 57.8 Å². The highest BCUT2D eigenvalue weighted by Gasteiger charge is 2.25. The van der Waals surface area contributed by atoms with Crippen LogP contribution in [0.4, 0.5) is 0 Å². The van der Waals surface area contributed by atoms with Gasteiger partial charge in [-0.3, -0.25) is 13.8 Å². The number of hydrogen-bond donors (Lipinski definition) is 2. The van der Waals surface area contributed by atoms with Gasteiger partial charge >= 0.3 is 13.8 Å². The second-order valence-electron chi connectivity index (χ2n) is 12.1. The lowest BCUT2D eigenvalue weighted by Gasteiger charge is -2.20. The fourth-order valence-corrected chi connectivity index (χ4v) is 5.67. The molecule has 0 aromatic rings. The van der Waals surface area contributed by atoms with Gasteiger partial charge in [-0.2, -0.15) is 0 Å². The Morgan fingerprint density at radius 2 is 1.18 bits per heavy atom. The summed E-state index contributed by atoms with van der Waals surface area (Å²) in [6.07, 6.45) is 34.7. The van der Waals surface area contributed by atoms with Crippen molar-refractivity contribution in [2.45, 2.75) is 168 Å². The van der Waals surface area contributed by atoms with Gasteiger partial charge in [-0.1, -0.05) is 134 Å². The van der Waals surface area contributed by atoms with Gasteiger partial charge < -0.3 is 20.1 Å². The van der Waals surface area contributed by atoms with Crippen LogP contribution in [-0.2, 0) is 27.9 Å². The van der Waals surface area contributed by atoms with Crippen LogP contribution >= 0.6 is 7.82 Å². The number of esters is 1. The number of nitrogens with two attached hydrogens (primary N) is 1. The van der Waals surface area contributed by atoms with E-state index in [4.69, 9.17) is 24.3 Å². The predicted octanol–water partition coefficient (Wildman–Crippen LogP) is 10.1. The van der Waals surface area contributed by atoms with E-state index >= 15 is 0 Å². The third-order valence-corrected chi connectivity index (χ3v) is 8.61. The van der Waals surface area contributed by atoms with E-state index in [2.05, 4.69) is 38.2 Å². The maximum Gasteiger partial charge on any atom is 0.472 e. The lowest BCUT2D eigenvalue weighted by Crippen LogP contribution is -2.28. The molecule has 0 aliphatic heterocycles. The van der Waals surface area contributed by atoms with Crippen molar-refractivity contribution in [2.24, 2.45) is 5.73 Å². The SMILES string of the molecule is CCCCCC/C=C\C/C=C\CCCCCCCC(=O)OC(COCCCCCCCCCCCC)COP(=O)(O)OCCN. The van der Waals surface area contributed by atoms with E-state index in [0.29, 0.717) is 13.0 Å². The van der Waals surface area contributed by atoms with Gasteiger partial charge in [-0.15, -0.1) is 0 Å². The highest BCUT2D eigenvalue weighted by molar-refractivity contribution is 7.47. The van der Waals surface area contributed by atoms with Crippen LogP contribution in [0.3, 0.4) is 0 Å². The molecule has 0 amide bonds. The highest BCUT2D eigenvalue weighted by Crippen LogP contribution is 2.43. The van der Waals surface area contributed by atoms with Crippen molar-refractivity contribution in [1.82, 2.24) is 0 Å². The molecule has 0 radical (unpaired) electrons. The molecular weight excluding hydrogens is 589 g/mol. The predicted molar refractivity (Wildman–Crippen MR) is 187 cm³/mol. The molecule has 3 N–H and O–H groups in total. The van der Waals surface area contributed by atoms with Crippen LogP contribution in [0.25, 0.3) is 0 Å². The minimum Gasteiger partial charge on any atom is -0.457 e. The number of rotatable bonds is 35. The average molecular weight is 660 g/mol. The minimum absolute atomic E-state index is 0.0969. The van der Waals surface area contributed by atoms with Gasteiger partial charge in [0, 0.05) is 19.6 Å². The van der Waals surface area contributed by atoms with E-state index in [9.17, 15) is 14.3 Å². The summed E-state index contributed by atoms with van der Waals surface area (Å²) in [5.41, 5.74) is 5.34. The third kappa shape index (κ3) is 34.1. The third-order valence-electron chi connectivity index (χ3n) is 7.62. The van der Waals surface area contributed by atoms with E-state index < -0.39 is 13.9 Å². The van der Waals surface area contributed by atoms with Crippen LogP contribution in [0.15, 0.2) is 24.3 Å². The van der Waals surface area contributed by atoms with Crippen molar-refractivity contribution in [1.29, 1.82) is 0 Å². The van der Waals surface area contributed by atoms with Crippen LogP contribution in [0.2, 0.25) is 0 Å². The number of allylic oxidation sites excluding steroid dienone is 4. The first-order valence-corrected chi connectivity index (χ1v) is 19.8. The molecule has 266 valence electrons. The van der Waals surface area contributed by atoms with Crippen molar-refractivity contribution in [2.75, 3.05) is 33.0 Å². The van der Waals surface area contributed by atoms with E-state index in [1.165, 1.54) is 83.5 Å². The smallest absolute Gasteiger partial charge is 0.457 e. The molecule has 45 heavy (non-hydrogen) atoms. The lowest BCUT2D eigenvalue weighted by molar-refractivity contribution is -0.154. The summed E-state index contributed by atoms with van der Waals surface area (Å²) in [4.78, 5) is 22.3. The molecule has 0 fully saturated rings. The maximum atomic E-state index is 12.5. The number of hydrogen-bond acceptors (Lipinski definition) is 7. The van der Waals surface area contributed by atoms with Crippen LogP contribution in [0.1, 0.15) is 162 Å². The van der Waals surface area contributed by atoms with Gasteiger partial charge in [0.25, 0.3) is 0 Å². The Bertz CT molecular complexity index is 747. The molecule has 0 saturated heterocycles. The Morgan fingerprint density at radius 3 is 1.76 bits per heavy atom. The van der Waals surface area contributed by atoms with Gasteiger partial charge in [-0.05, 0) is 44.9 Å². The summed E-state index contributed by atoms with van der Waals surface area (Å²) < 4.78 is 33.2. The lowest BCUT2D eigenvalue weighted by atomic mass is 10.1. The summed E-state index contributed by atoms with van der Waals surface area (Å²) >= 11 is 0. The second-order valence-corrected chi connectivity index (χ2v) is 13.5. The van der Waals surface area contributed by atoms with Crippen molar-refractivity contribution in [3.05, 3.63) is 24.3 Å². The quantitative estimate of drug-likeness (QED) is 0.0299. The molecule has 0 rings (SSSR count). The highest BCUT2D eigenvalue weighted by atomic mass is 31.2. The molecule has 0 bridgehead atoms. The maximum absolute atomic E-state index is 12.5. The van der Waals surface area contributed by atoms with E-state index in [-0.39, 0.29) is 32.3 Å². The summed E-state index contributed by atoms with van der Waals surface area (Å²) in [5, 5.41) is 0. The Labute approximate surface area is 276 Å². The first-order chi connectivity index (χ1) is 21.9. The van der Waals surface area contributed by atoms with Crippen molar-refractivity contribution >= 4 is 13.8 Å². The standard InChI is InChI=1S/C36H70NO7P/c1-3-5-7-9-11-13-15-16-17-18-19-20-21-23-25-27-29-36(38)44-35(34-43-45(39,40)42-32-30-37)33-41-31-28-26-24-22-14-12-10-8-6-4-2/h13,15,17-18,35H,3-12,14,16,19-34,37H2,1-2H3,(H,39,40)/b15-13-,18-17-. The second kappa shape index (κ2) is 34.3. The molecule has 2 unspecified atom stereocenters. The zero-order valence-corrected chi connectivity index (χ0v) is 30.0. The summed E-state index contributed by atoms with van der Waals surface area (Å²) in [7, 11) is -4.27. The summed E-state index contributed by atoms with van der Waals surface area (Å²) in [6.45, 7) is 4.88. The van der Waals surface area contributed by atoms with Crippen LogP contribution < -0.4 is 5.73 Å². The monoisotopic (exact) mass is 659 g/mol. The van der Waals surface area contributed by atoms with Crippen molar-refractivity contribution in [3.8, 4) is 0 Å². The Balaban J connectivity index is 4.12.